The van der Waals surface area contributed by atoms with E-state index in [2.05, 4.69) is 0 Å². The molecule has 1 saturated heterocycles. The zero-order chi connectivity index (χ0) is 10.8. The molecule has 0 aromatic heterocycles. The van der Waals surface area contributed by atoms with Crippen LogP contribution in [-0.2, 0) is 9.53 Å². The van der Waals surface area contributed by atoms with E-state index in [1.807, 2.05) is 6.07 Å². The van der Waals surface area contributed by atoms with Crippen LogP contribution in [0.1, 0.15) is 16.6 Å². The van der Waals surface area contributed by atoms with Crippen molar-refractivity contribution in [2.45, 2.75) is 10.9 Å². The Hall–Kier alpha value is -1.54. The molecule has 0 spiro atoms. The number of halogens is 1. The molecule has 3 nitrogen and oxygen atoms in total. The number of nitriles is 1. The van der Waals surface area contributed by atoms with Gasteiger partial charge in [0, 0.05) is 5.56 Å². The van der Waals surface area contributed by atoms with Gasteiger partial charge in [-0.15, -0.1) is 0 Å². The summed E-state index contributed by atoms with van der Waals surface area (Å²) in [7, 11) is 0. The van der Waals surface area contributed by atoms with Gasteiger partial charge >= 0.3 is 5.97 Å². The molecule has 0 bridgehead atoms. The number of cyclic esters (lactones) is 1. The van der Waals surface area contributed by atoms with Gasteiger partial charge in [-0.3, -0.25) is 0 Å². The molecule has 1 aliphatic heterocycles. The number of carbonyl (C=O) groups is 1. The van der Waals surface area contributed by atoms with E-state index in [0.717, 1.165) is 11.8 Å². The fourth-order valence-electron chi connectivity index (χ4n) is 1.21. The Bertz CT molecular complexity index is 426. The Labute approximate surface area is 89.8 Å². The van der Waals surface area contributed by atoms with Gasteiger partial charge in [-0.2, -0.15) is 5.26 Å². The SMILES string of the molecule is N#Cc1ccc(C2OC(=O)C(F)S2)cc1. The van der Waals surface area contributed by atoms with Crippen molar-refractivity contribution >= 4 is 17.7 Å². The average Bonchev–Trinajstić information content (AvgIpc) is 2.59. The number of benzene rings is 1. The summed E-state index contributed by atoms with van der Waals surface area (Å²) in [6, 6.07) is 8.50. The number of rotatable bonds is 1. The Morgan fingerprint density at radius 3 is 2.53 bits per heavy atom. The topological polar surface area (TPSA) is 50.1 Å². The molecule has 1 aromatic carbocycles. The smallest absolute Gasteiger partial charge is 0.353 e. The summed E-state index contributed by atoms with van der Waals surface area (Å²) >= 11 is 0.819. The number of alkyl halides is 1. The van der Waals surface area contributed by atoms with Gasteiger partial charge in [-0.05, 0) is 12.1 Å². The van der Waals surface area contributed by atoms with E-state index in [9.17, 15) is 9.18 Å². The first-order valence-corrected chi connectivity index (χ1v) is 5.15. The van der Waals surface area contributed by atoms with Crippen molar-refractivity contribution in [3.63, 3.8) is 0 Å². The van der Waals surface area contributed by atoms with Gasteiger partial charge in [-0.1, -0.05) is 23.9 Å². The number of hydrogen-bond donors (Lipinski definition) is 0. The van der Waals surface area contributed by atoms with Crippen molar-refractivity contribution in [3.8, 4) is 6.07 Å². The Kier molecular flexibility index (Phi) is 2.60. The number of thioether (sulfide) groups is 1. The number of hydrogen-bond acceptors (Lipinski definition) is 4. The van der Waals surface area contributed by atoms with Crippen LogP contribution in [0.15, 0.2) is 24.3 Å². The first-order chi connectivity index (χ1) is 7.20. The molecule has 1 fully saturated rings. The van der Waals surface area contributed by atoms with E-state index < -0.39 is 16.9 Å². The van der Waals surface area contributed by atoms with Crippen LogP contribution in [0.25, 0.3) is 0 Å². The molecule has 5 heteroatoms. The molecule has 15 heavy (non-hydrogen) atoms. The minimum Gasteiger partial charge on any atom is -0.443 e. The second kappa shape index (κ2) is 3.91. The first-order valence-electron chi connectivity index (χ1n) is 4.21. The monoisotopic (exact) mass is 223 g/mol. The molecule has 2 atom stereocenters. The lowest BCUT2D eigenvalue weighted by atomic mass is 10.1. The molecule has 0 radical (unpaired) electrons. The van der Waals surface area contributed by atoms with E-state index in [1.165, 1.54) is 0 Å². The second-order valence-electron chi connectivity index (χ2n) is 2.95. The molecule has 2 unspecified atom stereocenters. The summed E-state index contributed by atoms with van der Waals surface area (Å²) in [5, 5.41) is 8.58. The van der Waals surface area contributed by atoms with Gasteiger partial charge < -0.3 is 4.74 Å². The lowest BCUT2D eigenvalue weighted by molar-refractivity contribution is -0.145. The standard InChI is InChI=1S/C10H6FNO2S/c11-8-9(13)14-10(15-8)7-3-1-6(5-12)2-4-7/h1-4,8,10H. The summed E-state index contributed by atoms with van der Waals surface area (Å²) in [5.74, 6) is -0.839. The van der Waals surface area contributed by atoms with E-state index in [0.29, 0.717) is 11.1 Å². The van der Waals surface area contributed by atoms with E-state index in [-0.39, 0.29) is 0 Å². The maximum Gasteiger partial charge on any atom is 0.353 e. The average molecular weight is 223 g/mol. The molecule has 0 N–H and O–H groups in total. The van der Waals surface area contributed by atoms with Crippen LogP contribution in [0.3, 0.4) is 0 Å². The molecule has 0 saturated carbocycles. The highest BCUT2D eigenvalue weighted by atomic mass is 32.2. The predicted molar refractivity (Wildman–Crippen MR) is 52.5 cm³/mol. The Morgan fingerprint density at radius 2 is 2.07 bits per heavy atom. The zero-order valence-corrected chi connectivity index (χ0v) is 8.33. The first kappa shape index (κ1) is 9.99. The van der Waals surface area contributed by atoms with Gasteiger partial charge in [0.1, 0.15) is 0 Å². The van der Waals surface area contributed by atoms with Crippen molar-refractivity contribution in [3.05, 3.63) is 35.4 Å². The molecular weight excluding hydrogens is 217 g/mol. The van der Waals surface area contributed by atoms with Crippen LogP contribution < -0.4 is 0 Å². The number of esters is 1. The third kappa shape index (κ3) is 1.95. The van der Waals surface area contributed by atoms with E-state index >= 15 is 0 Å². The van der Waals surface area contributed by atoms with Crippen molar-refractivity contribution in [2.75, 3.05) is 0 Å². The highest BCUT2D eigenvalue weighted by Crippen LogP contribution is 2.40. The van der Waals surface area contributed by atoms with Crippen LogP contribution in [0.4, 0.5) is 4.39 Å². The van der Waals surface area contributed by atoms with Crippen molar-refractivity contribution in [1.82, 2.24) is 0 Å². The van der Waals surface area contributed by atoms with Crippen LogP contribution in [-0.4, -0.2) is 11.5 Å². The third-order valence-corrected chi connectivity index (χ3v) is 3.01. The minimum absolute atomic E-state index is 0.518. The van der Waals surface area contributed by atoms with Crippen LogP contribution in [0, 0.1) is 11.3 Å². The Morgan fingerprint density at radius 1 is 1.40 bits per heavy atom. The predicted octanol–water partition coefficient (Wildman–Crippen LogP) is 2.14. The number of carbonyl (C=O) groups excluding carboxylic acids is 1. The fraction of sp³-hybridized carbons (Fsp3) is 0.200. The zero-order valence-electron chi connectivity index (χ0n) is 7.51. The summed E-state index contributed by atoms with van der Waals surface area (Å²) < 4.78 is 17.6. The number of ether oxygens (including phenoxy) is 1. The van der Waals surface area contributed by atoms with Gasteiger partial charge in [0.05, 0.1) is 11.6 Å². The molecule has 1 aromatic rings. The highest BCUT2D eigenvalue weighted by molar-refractivity contribution is 8.00. The number of nitrogens with zero attached hydrogens (tertiary/aromatic N) is 1. The fourth-order valence-corrected chi connectivity index (χ4v) is 2.06. The summed E-state index contributed by atoms with van der Waals surface area (Å²) in [5.41, 5.74) is -0.997. The summed E-state index contributed by atoms with van der Waals surface area (Å²) in [6.07, 6.45) is 0. The molecule has 76 valence electrons. The Balaban J connectivity index is 2.18. The van der Waals surface area contributed by atoms with Crippen molar-refractivity contribution in [1.29, 1.82) is 5.26 Å². The molecule has 0 aliphatic carbocycles. The molecule has 1 heterocycles. The van der Waals surface area contributed by atoms with Crippen LogP contribution >= 0.6 is 11.8 Å². The normalized spacial score (nSPS) is 24.7. The maximum atomic E-state index is 12.8. The molecule has 1 aliphatic rings. The second-order valence-corrected chi connectivity index (χ2v) is 4.07. The minimum atomic E-state index is -1.61. The lowest BCUT2D eigenvalue weighted by Crippen LogP contribution is -2.04. The van der Waals surface area contributed by atoms with Crippen molar-refractivity contribution in [2.24, 2.45) is 0 Å². The van der Waals surface area contributed by atoms with Gasteiger partial charge in [0.2, 0.25) is 5.50 Å². The highest BCUT2D eigenvalue weighted by Gasteiger charge is 2.36. The maximum absolute atomic E-state index is 12.8. The van der Waals surface area contributed by atoms with Gasteiger partial charge in [0.25, 0.3) is 0 Å². The molecular formula is C10H6FNO2S. The summed E-state index contributed by atoms with van der Waals surface area (Å²) in [6.45, 7) is 0. The lowest BCUT2D eigenvalue weighted by Gasteiger charge is -2.07. The molecule has 0 amide bonds. The third-order valence-electron chi connectivity index (χ3n) is 1.96. The van der Waals surface area contributed by atoms with Crippen molar-refractivity contribution < 1.29 is 13.9 Å². The largest absolute Gasteiger partial charge is 0.443 e. The quantitative estimate of drug-likeness (QED) is 0.684. The van der Waals surface area contributed by atoms with E-state index in [4.69, 9.17) is 10.00 Å². The van der Waals surface area contributed by atoms with Gasteiger partial charge in [-0.25, -0.2) is 9.18 Å². The van der Waals surface area contributed by atoms with Crippen LogP contribution in [0.5, 0.6) is 0 Å². The van der Waals surface area contributed by atoms with E-state index in [1.54, 1.807) is 24.3 Å². The van der Waals surface area contributed by atoms with Crippen LogP contribution in [0.2, 0.25) is 0 Å². The van der Waals surface area contributed by atoms with Gasteiger partial charge in [0.15, 0.2) is 5.44 Å². The summed E-state index contributed by atoms with van der Waals surface area (Å²) in [4.78, 5) is 10.8. The molecule has 2 rings (SSSR count).